The van der Waals surface area contributed by atoms with Crippen molar-refractivity contribution in [2.45, 2.75) is 122 Å². The van der Waals surface area contributed by atoms with E-state index in [1.165, 1.54) is 34.9 Å². The van der Waals surface area contributed by atoms with Crippen molar-refractivity contribution in [2.24, 2.45) is 0 Å². The molecule has 6 aromatic heterocycles. The minimum atomic E-state index is -0.431. The number of fused-ring (bicyclic) bond motifs is 12. The van der Waals surface area contributed by atoms with Gasteiger partial charge in [-0.25, -0.2) is 29.1 Å². The summed E-state index contributed by atoms with van der Waals surface area (Å²) in [5.74, 6) is 3.65. The van der Waals surface area contributed by atoms with Crippen molar-refractivity contribution >= 4 is 126 Å². The molecule has 680 valence electrons. The standard InChI is InChI=1S/C27H30ClN5O3.C26H26ClN5O3.C24H25ClN2O3.C23H22Cl2N2O3/c1-3-18(2)36-27(34)33-13-11-22-23-15-20(28)7-10-24(23)31-25(22)26(33)19-5-8-21(9-6-19)35-14-4-12-32-17-29-16-30-32;1-2-13-35-26(33)32-12-10-21-22-15-19(27)6-9-23(22)30-24(21)25(32)18-4-7-20(8-5-18)34-14-3-11-31-17-28-16-29-31;1-4-29-24(28)27-12-11-19-20-13-17(25)7-10-21(20)26-22(19)23(27)16-5-8-18(9-6-16)30-14-15(2)3;1-2-29-23(28)27-12-10-18-19-14-16(25)6-9-20(19)26-21(18)22(27)15-4-7-17(8-5-15)30-13-3-11-24/h5-10,15-18,26,31H,3-4,11-14H2,1-2H3;2,4-9,15-17,25,30H,1,3,10-14H2;5-10,13,23,26H,2,4,11-12,14H2,1,3H3;2,4-9,14,22,26H,1,3,10-13H2. The van der Waals surface area contributed by atoms with Crippen LogP contribution >= 0.6 is 58.0 Å². The zero-order chi connectivity index (χ0) is 91.6. The maximum Gasteiger partial charge on any atom is 0.415 e. The van der Waals surface area contributed by atoms with Gasteiger partial charge in [0.2, 0.25) is 0 Å². The number of amides is 4. The van der Waals surface area contributed by atoms with Crippen LogP contribution < -0.4 is 18.9 Å². The summed E-state index contributed by atoms with van der Waals surface area (Å²) in [6.07, 6.45) is 13.7. The summed E-state index contributed by atoms with van der Waals surface area (Å²) in [5, 5.41) is 15.4. The van der Waals surface area contributed by atoms with Crippen molar-refractivity contribution in [1.29, 1.82) is 0 Å². The lowest BCUT2D eigenvalue weighted by atomic mass is 9.92. The molecule has 26 nitrogen and oxygen atoms in total. The largest absolute Gasteiger partial charge is 0.494 e. The number of halogens is 5. The number of benzene rings is 8. The lowest BCUT2D eigenvalue weighted by molar-refractivity contribution is 0.0578. The van der Waals surface area contributed by atoms with Crippen LogP contribution in [0.1, 0.15) is 145 Å². The number of rotatable bonds is 27. The SMILES string of the molecule is C=C(C)COc1ccc(C2c3[nH]c4ccc(Cl)cc4c3CCN2C(=O)OCC)cc1.C=CCOC(=O)N1CCc2c([nH]c3ccc(Cl)cc23)C1c1ccc(OCCCn2cncn2)cc1.C=COC(=O)N1CCc2c([nH]c3ccc(Cl)cc23)C1c1ccc(OCCCCl)cc1.CCC(C)OC(=O)N1CCc2c([nH]c3ccc(Cl)cc23)C1c1ccc(OCCCn2cncn2)cc1. The Balaban J connectivity index is 0.000000134. The van der Waals surface area contributed by atoms with E-state index < -0.39 is 6.09 Å². The summed E-state index contributed by atoms with van der Waals surface area (Å²) in [6.45, 7) is 25.1. The average Bonchev–Trinajstić information content (AvgIpc) is 1.62. The van der Waals surface area contributed by atoms with Crippen molar-refractivity contribution in [3.63, 3.8) is 0 Å². The minimum absolute atomic E-state index is 0.144. The zero-order valence-electron chi connectivity index (χ0n) is 73.2. The summed E-state index contributed by atoms with van der Waals surface area (Å²) in [6, 6.07) is 53.6. The molecule has 18 rings (SSSR count). The van der Waals surface area contributed by atoms with Gasteiger partial charge in [0.1, 0.15) is 91.8 Å². The van der Waals surface area contributed by atoms with Gasteiger partial charge in [0.15, 0.2) is 0 Å². The molecule has 0 bridgehead atoms. The quantitative estimate of drug-likeness (QED) is 0.0122. The molecule has 4 aliphatic rings. The highest BCUT2D eigenvalue weighted by Gasteiger charge is 2.41. The first-order valence-electron chi connectivity index (χ1n) is 43.8. The van der Waals surface area contributed by atoms with Gasteiger partial charge in [-0.15, -0.1) is 11.6 Å². The summed E-state index contributed by atoms with van der Waals surface area (Å²) < 4.78 is 48.4. The van der Waals surface area contributed by atoms with E-state index >= 15 is 0 Å². The van der Waals surface area contributed by atoms with E-state index in [0.29, 0.717) is 98.0 Å². The van der Waals surface area contributed by atoms with E-state index in [-0.39, 0.29) is 55.2 Å². The van der Waals surface area contributed by atoms with Crippen LogP contribution in [-0.4, -0.2) is 171 Å². The molecule has 0 aliphatic carbocycles. The maximum absolute atomic E-state index is 13.2. The number of carbonyl (C=O) groups is 4. The lowest BCUT2D eigenvalue weighted by Crippen LogP contribution is -2.41. The Kier molecular flexibility index (Phi) is 31.0. The number of nitrogens with zero attached hydrogens (tertiary/aromatic N) is 10. The number of ether oxygens (including phenoxy) is 8. The van der Waals surface area contributed by atoms with Crippen LogP contribution in [0.25, 0.3) is 43.6 Å². The van der Waals surface area contributed by atoms with Crippen molar-refractivity contribution in [3.8, 4) is 23.0 Å². The van der Waals surface area contributed by atoms with E-state index in [9.17, 15) is 19.2 Å². The second-order valence-electron chi connectivity index (χ2n) is 32.1. The van der Waals surface area contributed by atoms with E-state index in [4.69, 9.17) is 95.9 Å². The first kappa shape index (κ1) is 92.9. The van der Waals surface area contributed by atoms with E-state index in [0.717, 1.165) is 175 Å². The molecule has 0 spiro atoms. The molecule has 0 fully saturated rings. The third-order valence-electron chi connectivity index (χ3n) is 23.3. The van der Waals surface area contributed by atoms with Crippen molar-refractivity contribution in [2.75, 3.05) is 71.7 Å². The van der Waals surface area contributed by atoms with Gasteiger partial charge in [-0.05, 0) is 231 Å². The van der Waals surface area contributed by atoms with Crippen LogP contribution in [-0.2, 0) is 57.7 Å². The Morgan fingerprint density at radius 2 is 0.794 bits per heavy atom. The molecule has 8 aromatic carbocycles. The Bertz CT molecular complexity index is 6300. The predicted octanol–water partition coefficient (Wildman–Crippen LogP) is 22.9. The number of aromatic nitrogens is 10. The van der Waals surface area contributed by atoms with Gasteiger partial charge in [-0.2, -0.15) is 10.2 Å². The normalized spacial score (nSPS) is 15.6. The summed E-state index contributed by atoms with van der Waals surface area (Å²) >= 11 is 30.8. The summed E-state index contributed by atoms with van der Waals surface area (Å²) in [5.41, 5.74) is 17.6. The molecule has 5 unspecified atom stereocenters. The molecule has 31 heteroatoms. The van der Waals surface area contributed by atoms with E-state index in [1.807, 2.05) is 202 Å². The molecule has 0 saturated carbocycles. The molecular formula is C100H103Cl5N14O12. The fourth-order valence-corrected chi connectivity index (χ4v) is 17.9. The number of hydrogen-bond donors (Lipinski definition) is 4. The van der Waals surface area contributed by atoms with Crippen LogP contribution in [0.2, 0.25) is 20.1 Å². The fourth-order valence-electron chi connectivity index (χ4n) is 17.1. The van der Waals surface area contributed by atoms with Crippen LogP contribution in [0.4, 0.5) is 19.2 Å². The van der Waals surface area contributed by atoms with Crippen molar-refractivity contribution in [1.82, 2.24) is 69.1 Å². The molecule has 0 radical (unpaired) electrons. The van der Waals surface area contributed by atoms with Crippen LogP contribution in [0.3, 0.4) is 0 Å². The number of aryl methyl sites for hydroxylation is 2. The molecule has 4 aliphatic heterocycles. The van der Waals surface area contributed by atoms with Gasteiger partial charge in [0.05, 0.1) is 32.7 Å². The van der Waals surface area contributed by atoms with Gasteiger partial charge in [0, 0.05) is 144 Å². The van der Waals surface area contributed by atoms with Crippen LogP contribution in [0.15, 0.2) is 233 Å². The second kappa shape index (κ2) is 43.7. The minimum Gasteiger partial charge on any atom is -0.494 e. The van der Waals surface area contributed by atoms with Crippen molar-refractivity contribution in [3.05, 3.63) is 320 Å². The van der Waals surface area contributed by atoms with Gasteiger partial charge >= 0.3 is 24.4 Å². The highest BCUT2D eigenvalue weighted by molar-refractivity contribution is 6.32. The van der Waals surface area contributed by atoms with Gasteiger partial charge in [-0.3, -0.25) is 29.0 Å². The Labute approximate surface area is 784 Å². The Morgan fingerprint density at radius 1 is 0.458 bits per heavy atom. The molecule has 0 saturated heterocycles. The van der Waals surface area contributed by atoms with Gasteiger partial charge in [-0.1, -0.05) is 128 Å². The topological polar surface area (TPSA) is 280 Å². The molecule has 4 amide bonds. The van der Waals surface area contributed by atoms with Gasteiger partial charge in [0.25, 0.3) is 0 Å². The average molecular weight is 1870 g/mol. The molecule has 10 heterocycles. The van der Waals surface area contributed by atoms with Crippen molar-refractivity contribution < 1.29 is 57.1 Å². The molecule has 14 aromatic rings. The zero-order valence-corrected chi connectivity index (χ0v) is 77.0. The third kappa shape index (κ3) is 22.1. The molecular weight excluding hydrogens is 1770 g/mol. The number of hydrogen-bond acceptors (Lipinski definition) is 16. The number of alkyl halides is 1. The second-order valence-corrected chi connectivity index (χ2v) is 34.2. The highest BCUT2D eigenvalue weighted by atomic mass is 35.5. The molecule has 4 N–H and O–H groups in total. The number of H-pyrrole nitrogens is 4. The molecule has 5 atom stereocenters. The van der Waals surface area contributed by atoms with Gasteiger partial charge < -0.3 is 57.8 Å². The van der Waals surface area contributed by atoms with E-state index in [2.05, 4.69) is 59.8 Å². The lowest BCUT2D eigenvalue weighted by Gasteiger charge is -2.36. The first-order chi connectivity index (χ1) is 63.8. The number of nitrogens with one attached hydrogen (secondary N) is 4. The highest BCUT2D eigenvalue weighted by Crippen LogP contribution is 2.46. The molecule has 131 heavy (non-hydrogen) atoms. The van der Waals surface area contributed by atoms with Crippen LogP contribution in [0.5, 0.6) is 23.0 Å². The smallest absolute Gasteiger partial charge is 0.415 e. The fraction of sp³-hybridized carbons (Fsp3) is 0.300. The first-order valence-corrected chi connectivity index (χ1v) is 45.8. The maximum atomic E-state index is 13.2. The summed E-state index contributed by atoms with van der Waals surface area (Å²) in [4.78, 5) is 80.6. The number of aromatic amines is 4. The number of carbonyl (C=O) groups excluding carboxylic acids is 4. The van der Waals surface area contributed by atoms with Crippen LogP contribution in [0, 0.1) is 0 Å². The third-order valence-corrected chi connectivity index (χ3v) is 24.5. The monoisotopic (exact) mass is 1870 g/mol. The Morgan fingerprint density at radius 3 is 1.11 bits per heavy atom. The predicted molar refractivity (Wildman–Crippen MR) is 511 cm³/mol. The Hall–Kier alpha value is -12.9. The van der Waals surface area contributed by atoms with E-state index in [1.54, 1.807) is 42.8 Å². The summed E-state index contributed by atoms with van der Waals surface area (Å²) in [7, 11) is 0.